The van der Waals surface area contributed by atoms with E-state index in [0.29, 0.717) is 0 Å². The van der Waals surface area contributed by atoms with Gasteiger partial charge >= 0.3 is 0 Å². The molecule has 0 unspecified atom stereocenters. The molecular formula is C44H27NOS. The summed E-state index contributed by atoms with van der Waals surface area (Å²) in [5.41, 5.74) is 7.58. The van der Waals surface area contributed by atoms with Crippen molar-refractivity contribution in [2.24, 2.45) is 0 Å². The SMILES string of the molecule is c1ccc(N(c2ccc3oc4ccccc4c3c2)c2cc3ccccc3c3ccccc23)c(-c2cccc3c2sc2ccccc23)c1. The van der Waals surface area contributed by atoms with Gasteiger partial charge in [-0.3, -0.25) is 0 Å². The monoisotopic (exact) mass is 617 g/mol. The Kier molecular flexibility index (Phi) is 5.78. The highest BCUT2D eigenvalue weighted by Crippen LogP contribution is 2.48. The number of thiophene rings is 1. The number of hydrogen-bond donors (Lipinski definition) is 0. The van der Waals surface area contributed by atoms with Crippen LogP contribution in [0.4, 0.5) is 17.1 Å². The molecule has 0 saturated heterocycles. The summed E-state index contributed by atoms with van der Waals surface area (Å²) in [6.45, 7) is 0. The minimum atomic E-state index is 0.890. The summed E-state index contributed by atoms with van der Waals surface area (Å²) in [4.78, 5) is 2.46. The third-order valence-electron chi connectivity index (χ3n) is 9.45. The molecule has 8 aromatic carbocycles. The number of para-hydroxylation sites is 2. The molecule has 0 spiro atoms. The quantitative estimate of drug-likeness (QED) is 0.183. The van der Waals surface area contributed by atoms with Gasteiger partial charge in [0, 0.05) is 53.1 Å². The first kappa shape index (κ1) is 26.3. The second kappa shape index (κ2) is 10.3. The average Bonchev–Trinajstić information content (AvgIpc) is 3.70. The Balaban J connectivity index is 1.31. The third kappa shape index (κ3) is 4.04. The Labute approximate surface area is 275 Å². The average molecular weight is 618 g/mol. The first-order valence-corrected chi connectivity index (χ1v) is 16.7. The fraction of sp³-hybridized carbons (Fsp3) is 0. The van der Waals surface area contributed by atoms with E-state index in [1.807, 2.05) is 23.5 Å². The van der Waals surface area contributed by atoms with Crippen LogP contribution in [0.25, 0.3) is 74.8 Å². The molecule has 0 bridgehead atoms. The molecule has 10 rings (SSSR count). The van der Waals surface area contributed by atoms with Crippen LogP contribution < -0.4 is 4.90 Å². The van der Waals surface area contributed by atoms with Crippen LogP contribution in [0.1, 0.15) is 0 Å². The maximum atomic E-state index is 6.28. The largest absolute Gasteiger partial charge is 0.456 e. The predicted octanol–water partition coefficient (Wildman–Crippen LogP) is 13.4. The van der Waals surface area contributed by atoms with E-state index >= 15 is 0 Å². The number of anilines is 3. The lowest BCUT2D eigenvalue weighted by molar-refractivity contribution is 0.669. The van der Waals surface area contributed by atoms with Gasteiger partial charge < -0.3 is 9.32 Å². The van der Waals surface area contributed by atoms with Crippen molar-refractivity contribution in [2.45, 2.75) is 0 Å². The van der Waals surface area contributed by atoms with E-state index < -0.39 is 0 Å². The van der Waals surface area contributed by atoms with Gasteiger partial charge in [-0.1, -0.05) is 121 Å². The molecule has 0 N–H and O–H groups in total. The Bertz CT molecular complexity index is 2820. The van der Waals surface area contributed by atoms with Crippen molar-refractivity contribution in [1.29, 1.82) is 0 Å². The van der Waals surface area contributed by atoms with Crippen molar-refractivity contribution in [2.75, 3.05) is 4.90 Å². The Morgan fingerprint density at radius 3 is 1.98 bits per heavy atom. The minimum Gasteiger partial charge on any atom is -0.456 e. The lowest BCUT2D eigenvalue weighted by Crippen LogP contribution is -2.12. The molecule has 3 heteroatoms. The number of hydrogen-bond acceptors (Lipinski definition) is 3. The van der Waals surface area contributed by atoms with Crippen LogP contribution in [-0.4, -0.2) is 0 Å². The van der Waals surface area contributed by atoms with Crippen molar-refractivity contribution in [3.05, 3.63) is 164 Å². The smallest absolute Gasteiger partial charge is 0.135 e. The summed E-state index contributed by atoms with van der Waals surface area (Å²) < 4.78 is 8.89. The normalized spacial score (nSPS) is 11.8. The molecule has 10 aromatic rings. The van der Waals surface area contributed by atoms with Crippen molar-refractivity contribution in [1.82, 2.24) is 0 Å². The maximum absolute atomic E-state index is 6.28. The highest BCUT2D eigenvalue weighted by atomic mass is 32.1. The number of fused-ring (bicyclic) bond motifs is 9. The zero-order valence-electron chi connectivity index (χ0n) is 25.4. The van der Waals surface area contributed by atoms with E-state index in [9.17, 15) is 0 Å². The van der Waals surface area contributed by atoms with Crippen LogP contribution in [0.5, 0.6) is 0 Å². The molecular weight excluding hydrogens is 591 g/mol. The van der Waals surface area contributed by atoms with E-state index in [4.69, 9.17) is 4.42 Å². The summed E-state index contributed by atoms with van der Waals surface area (Å²) in [7, 11) is 0. The van der Waals surface area contributed by atoms with Gasteiger partial charge in [-0.2, -0.15) is 0 Å². The first-order valence-electron chi connectivity index (χ1n) is 15.9. The standard InChI is InChI=1S/C44H27NOS/c1-2-13-30-28(12-1)26-40(32-15-4-3-14-31(30)32)45(29-24-25-42-38(27-29)34-17-6-9-22-41(34)46-42)39-21-8-5-16-33(39)36-19-11-20-37-35-18-7-10-23-43(35)47-44(36)37/h1-27H. The Morgan fingerprint density at radius 2 is 1.06 bits per heavy atom. The molecule has 47 heavy (non-hydrogen) atoms. The molecule has 2 heterocycles. The topological polar surface area (TPSA) is 16.4 Å². The summed E-state index contributed by atoms with van der Waals surface area (Å²) in [5.74, 6) is 0. The molecule has 2 nitrogen and oxygen atoms in total. The Hall–Kier alpha value is -5.90. The zero-order valence-corrected chi connectivity index (χ0v) is 26.2. The van der Waals surface area contributed by atoms with E-state index in [-0.39, 0.29) is 0 Å². The van der Waals surface area contributed by atoms with Crippen LogP contribution in [-0.2, 0) is 0 Å². The number of rotatable bonds is 4. The minimum absolute atomic E-state index is 0.890. The van der Waals surface area contributed by atoms with Gasteiger partial charge in [0.05, 0.1) is 11.4 Å². The van der Waals surface area contributed by atoms with Crippen LogP contribution >= 0.6 is 11.3 Å². The van der Waals surface area contributed by atoms with Gasteiger partial charge in [-0.15, -0.1) is 11.3 Å². The summed E-state index contributed by atoms with van der Waals surface area (Å²) >= 11 is 1.87. The summed E-state index contributed by atoms with van der Waals surface area (Å²) in [5, 5.41) is 9.75. The molecule has 0 saturated carbocycles. The molecule has 0 fully saturated rings. The van der Waals surface area contributed by atoms with E-state index in [2.05, 4.69) is 157 Å². The predicted molar refractivity (Wildman–Crippen MR) is 202 cm³/mol. The second-order valence-corrected chi connectivity index (χ2v) is 13.1. The highest BCUT2D eigenvalue weighted by molar-refractivity contribution is 7.26. The van der Waals surface area contributed by atoms with Gasteiger partial charge in [-0.25, -0.2) is 0 Å². The van der Waals surface area contributed by atoms with Crippen LogP contribution in [0.2, 0.25) is 0 Å². The lowest BCUT2D eigenvalue weighted by atomic mass is 9.96. The van der Waals surface area contributed by atoms with Crippen molar-refractivity contribution in [3.63, 3.8) is 0 Å². The molecule has 0 radical (unpaired) electrons. The molecule has 2 aromatic heterocycles. The number of furan rings is 1. The molecule has 0 aliphatic rings. The summed E-state index contributed by atoms with van der Waals surface area (Å²) in [6.07, 6.45) is 0. The van der Waals surface area contributed by atoms with E-state index in [1.54, 1.807) is 0 Å². The van der Waals surface area contributed by atoms with Crippen molar-refractivity contribution < 1.29 is 4.42 Å². The molecule has 220 valence electrons. The fourth-order valence-corrected chi connectivity index (χ4v) is 8.57. The zero-order chi connectivity index (χ0) is 30.9. The van der Waals surface area contributed by atoms with Crippen molar-refractivity contribution in [3.8, 4) is 11.1 Å². The maximum Gasteiger partial charge on any atom is 0.135 e. The van der Waals surface area contributed by atoms with Crippen molar-refractivity contribution >= 4 is 92.1 Å². The van der Waals surface area contributed by atoms with Gasteiger partial charge in [-0.05, 0) is 58.6 Å². The number of benzene rings is 8. The summed E-state index contributed by atoms with van der Waals surface area (Å²) in [6, 6.07) is 59.1. The van der Waals surface area contributed by atoms with Gasteiger partial charge in [0.25, 0.3) is 0 Å². The molecule has 0 atom stereocenters. The molecule has 0 amide bonds. The van der Waals surface area contributed by atoms with E-state index in [0.717, 1.165) is 39.0 Å². The van der Waals surface area contributed by atoms with Crippen LogP contribution in [0.15, 0.2) is 168 Å². The molecule has 0 aliphatic carbocycles. The highest BCUT2D eigenvalue weighted by Gasteiger charge is 2.23. The first-order chi connectivity index (χ1) is 23.3. The van der Waals surface area contributed by atoms with Gasteiger partial charge in [0.2, 0.25) is 0 Å². The third-order valence-corrected chi connectivity index (χ3v) is 10.7. The Morgan fingerprint density at radius 1 is 0.404 bits per heavy atom. The van der Waals surface area contributed by atoms with Crippen LogP contribution in [0, 0.1) is 0 Å². The second-order valence-electron chi connectivity index (χ2n) is 12.1. The van der Waals surface area contributed by atoms with Gasteiger partial charge in [0.1, 0.15) is 11.2 Å². The number of nitrogens with zero attached hydrogens (tertiary/aromatic N) is 1. The molecule has 0 aliphatic heterocycles. The van der Waals surface area contributed by atoms with Gasteiger partial charge in [0.15, 0.2) is 0 Å². The lowest BCUT2D eigenvalue weighted by Gasteiger charge is -2.29. The van der Waals surface area contributed by atoms with Crippen LogP contribution in [0.3, 0.4) is 0 Å². The van der Waals surface area contributed by atoms with E-state index in [1.165, 1.54) is 52.8 Å². The fourth-order valence-electron chi connectivity index (χ4n) is 7.34.